The maximum Gasteiger partial charge on any atom is 0.434 e. The van der Waals surface area contributed by atoms with Crippen molar-refractivity contribution in [1.29, 1.82) is 0 Å². The van der Waals surface area contributed by atoms with Crippen LogP contribution in [-0.2, 0) is 36.5 Å². The highest BCUT2D eigenvalue weighted by Gasteiger charge is 2.60. The van der Waals surface area contributed by atoms with Gasteiger partial charge in [-0.1, -0.05) is 19.9 Å². The van der Waals surface area contributed by atoms with Gasteiger partial charge in [-0.2, -0.15) is 39.5 Å². The lowest BCUT2D eigenvalue weighted by Crippen LogP contribution is -2.52. The Morgan fingerprint density at radius 1 is 0.841 bits per heavy atom. The van der Waals surface area contributed by atoms with E-state index in [2.05, 4.69) is 4.74 Å². The van der Waals surface area contributed by atoms with Crippen LogP contribution in [0, 0.1) is 5.92 Å². The molecule has 0 unspecified atom stereocenters. The van der Waals surface area contributed by atoms with Crippen molar-refractivity contribution in [2.24, 2.45) is 5.92 Å². The van der Waals surface area contributed by atoms with E-state index in [9.17, 15) is 53.9 Å². The molecular weight excluding hydrogens is 623 g/mol. The fourth-order valence-corrected chi connectivity index (χ4v) is 3.71. The monoisotopic (exact) mass is 654 g/mol. The third-order valence-corrected chi connectivity index (χ3v) is 6.12. The van der Waals surface area contributed by atoms with Gasteiger partial charge in [0.2, 0.25) is 0 Å². The molecule has 1 aliphatic rings. The van der Waals surface area contributed by atoms with Crippen LogP contribution < -0.4 is 4.74 Å². The number of esters is 2. The van der Waals surface area contributed by atoms with E-state index in [1.165, 1.54) is 13.8 Å². The van der Waals surface area contributed by atoms with Crippen molar-refractivity contribution in [2.75, 3.05) is 39.4 Å². The summed E-state index contributed by atoms with van der Waals surface area (Å²) in [5.41, 5.74) is -2.77. The molecule has 0 radical (unpaired) electrons. The Kier molecular flexibility index (Phi) is 11.8. The summed E-state index contributed by atoms with van der Waals surface area (Å²) < 4.78 is 136. The van der Waals surface area contributed by atoms with Crippen LogP contribution in [0.1, 0.15) is 38.8 Å². The van der Waals surface area contributed by atoms with Crippen LogP contribution in [0.25, 0.3) is 0 Å². The molecule has 18 heteroatoms. The van der Waals surface area contributed by atoms with Gasteiger partial charge in [-0.25, -0.2) is 9.59 Å². The van der Waals surface area contributed by atoms with Gasteiger partial charge < -0.3 is 23.8 Å². The highest BCUT2D eigenvalue weighted by Crippen LogP contribution is 2.37. The molecule has 44 heavy (non-hydrogen) atoms. The summed E-state index contributed by atoms with van der Waals surface area (Å²) in [4.78, 5) is 38.4. The van der Waals surface area contributed by atoms with Gasteiger partial charge in [-0.3, -0.25) is 9.69 Å². The molecule has 1 heterocycles. The first-order valence-corrected chi connectivity index (χ1v) is 13.1. The Hall–Kier alpha value is -3.44. The zero-order valence-corrected chi connectivity index (χ0v) is 24.0. The van der Waals surface area contributed by atoms with Gasteiger partial charge in [0.05, 0.1) is 11.5 Å². The van der Waals surface area contributed by atoms with E-state index in [4.69, 9.17) is 14.2 Å². The number of carbonyl (C=O) groups excluding carboxylic acids is 3. The Balaban J connectivity index is 2.11. The summed E-state index contributed by atoms with van der Waals surface area (Å²) in [6.07, 6.45) is -22.7. The number of hydrogen-bond acceptors (Lipinski definition) is 8. The Morgan fingerprint density at radius 2 is 1.39 bits per heavy atom. The van der Waals surface area contributed by atoms with Gasteiger partial charge in [0.1, 0.15) is 19.0 Å². The van der Waals surface area contributed by atoms with E-state index in [-0.39, 0.29) is 57.3 Å². The fraction of sp³-hybridized carbons (Fsp3) is 0.654. The molecule has 0 aromatic heterocycles. The van der Waals surface area contributed by atoms with Crippen LogP contribution in [0.4, 0.5) is 44.3 Å². The summed E-state index contributed by atoms with van der Waals surface area (Å²) in [5, 5.41) is 0. The number of halogens is 9. The summed E-state index contributed by atoms with van der Waals surface area (Å²) >= 11 is 0. The minimum absolute atomic E-state index is 0.0984. The van der Waals surface area contributed by atoms with Gasteiger partial charge >= 0.3 is 36.6 Å². The summed E-state index contributed by atoms with van der Waals surface area (Å²) in [6.45, 7) is 4.03. The van der Waals surface area contributed by atoms with Gasteiger partial charge in [0.15, 0.2) is 5.60 Å². The number of piperazine rings is 1. The van der Waals surface area contributed by atoms with E-state index >= 15 is 0 Å². The van der Waals surface area contributed by atoms with E-state index in [0.717, 1.165) is 12.1 Å². The summed E-state index contributed by atoms with van der Waals surface area (Å²) in [7, 11) is 0. The highest BCUT2D eigenvalue weighted by atomic mass is 19.4. The molecule has 2 rings (SSSR count). The van der Waals surface area contributed by atoms with Gasteiger partial charge in [0, 0.05) is 38.3 Å². The lowest BCUT2D eigenvalue weighted by molar-refractivity contribution is -0.308. The first kappa shape index (κ1) is 36.8. The van der Waals surface area contributed by atoms with Crippen LogP contribution in [0.3, 0.4) is 0 Å². The maximum absolute atomic E-state index is 13.4. The van der Waals surface area contributed by atoms with E-state index < -0.39 is 59.7 Å². The number of carbonyl (C=O) groups is 3. The zero-order chi connectivity index (χ0) is 33.7. The smallest absolute Gasteiger partial charge is 0.434 e. The summed E-state index contributed by atoms with van der Waals surface area (Å²) in [6, 6.07) is 2.51. The van der Waals surface area contributed by atoms with Gasteiger partial charge in [-0.15, -0.1) is 0 Å². The van der Waals surface area contributed by atoms with Crippen LogP contribution >= 0.6 is 0 Å². The van der Waals surface area contributed by atoms with Crippen LogP contribution in [0.15, 0.2) is 18.2 Å². The lowest BCUT2D eigenvalue weighted by atomic mass is 10.1. The maximum atomic E-state index is 13.4. The second-order valence-electron chi connectivity index (χ2n) is 10.5. The second-order valence-corrected chi connectivity index (χ2v) is 10.5. The van der Waals surface area contributed by atoms with E-state index in [1.807, 2.05) is 0 Å². The molecule has 0 N–H and O–H groups in total. The number of amides is 1. The molecule has 9 nitrogen and oxygen atoms in total. The van der Waals surface area contributed by atoms with Crippen molar-refractivity contribution in [2.45, 2.75) is 64.5 Å². The molecule has 1 amide bonds. The average molecular weight is 655 g/mol. The lowest BCUT2D eigenvalue weighted by Gasteiger charge is -2.35. The molecule has 250 valence electrons. The van der Waals surface area contributed by atoms with E-state index in [0.29, 0.717) is 11.0 Å². The first-order chi connectivity index (χ1) is 20.0. The number of nitrogens with zero attached hydrogens (tertiary/aromatic N) is 2. The summed E-state index contributed by atoms with van der Waals surface area (Å²) in [5.74, 6) is -2.29. The van der Waals surface area contributed by atoms with Crippen molar-refractivity contribution < 1.29 is 72.8 Å². The Bertz CT molecular complexity index is 1150. The Labute approximate surface area is 246 Å². The predicted molar refractivity (Wildman–Crippen MR) is 132 cm³/mol. The topological polar surface area (TPSA) is 94.6 Å². The number of hydrogen-bond donors (Lipinski definition) is 0. The van der Waals surface area contributed by atoms with Crippen molar-refractivity contribution in [1.82, 2.24) is 9.80 Å². The largest absolute Gasteiger partial charge is 0.476 e. The molecule has 1 aromatic rings. The van der Waals surface area contributed by atoms with Crippen LogP contribution in [-0.4, -0.2) is 91.3 Å². The molecule has 1 fully saturated rings. The normalized spacial score (nSPS) is 15.4. The predicted octanol–water partition coefficient (Wildman–Crippen LogP) is 5.35. The fourth-order valence-electron chi connectivity index (χ4n) is 3.71. The molecule has 0 bridgehead atoms. The molecule has 1 saturated heterocycles. The van der Waals surface area contributed by atoms with E-state index in [1.54, 1.807) is 18.7 Å². The minimum atomic E-state index is -5.88. The number of alkyl halides is 9. The van der Waals surface area contributed by atoms with Crippen molar-refractivity contribution >= 4 is 18.0 Å². The zero-order valence-electron chi connectivity index (χ0n) is 24.0. The standard InChI is InChI=1S/C26H31F9N2O7/c1-15(2)19(38)41-11-12-42-21(39)23(3,4)44-18-13-17(24(27,28)29)6-5-16(18)14-36-7-9-37(10-8-36)22(40)43-20(25(30,31)32)26(33,34)35/h5-6,13,15,20H,7-12,14H2,1-4H3. The van der Waals surface area contributed by atoms with Gasteiger partial charge in [-0.05, 0) is 26.0 Å². The first-order valence-electron chi connectivity index (χ1n) is 13.1. The third kappa shape index (κ3) is 10.6. The van der Waals surface area contributed by atoms with Gasteiger partial charge in [0.25, 0.3) is 6.10 Å². The Morgan fingerprint density at radius 3 is 1.89 bits per heavy atom. The molecule has 0 aliphatic carbocycles. The van der Waals surface area contributed by atoms with Crippen molar-refractivity contribution in [3.05, 3.63) is 29.3 Å². The molecule has 0 spiro atoms. The second kappa shape index (κ2) is 14.1. The molecular formula is C26H31F9N2O7. The minimum Gasteiger partial charge on any atom is -0.476 e. The van der Waals surface area contributed by atoms with Crippen LogP contribution in [0.2, 0.25) is 0 Å². The number of ether oxygens (including phenoxy) is 4. The molecule has 1 aliphatic heterocycles. The number of rotatable bonds is 10. The SMILES string of the molecule is CC(C)C(=O)OCCOC(=O)C(C)(C)Oc1cc(C(F)(F)F)ccc1CN1CCN(C(=O)OC(C(F)(F)F)C(F)(F)F)CC1. The molecule has 1 aromatic carbocycles. The molecule has 0 saturated carbocycles. The van der Waals surface area contributed by atoms with Crippen molar-refractivity contribution in [3.63, 3.8) is 0 Å². The number of benzene rings is 1. The quantitative estimate of drug-likeness (QED) is 0.144. The molecule has 0 atom stereocenters. The average Bonchev–Trinajstić information content (AvgIpc) is 2.88. The third-order valence-electron chi connectivity index (χ3n) is 6.12. The van der Waals surface area contributed by atoms with Crippen LogP contribution in [0.5, 0.6) is 5.75 Å². The van der Waals surface area contributed by atoms with Crippen molar-refractivity contribution in [3.8, 4) is 5.75 Å². The highest BCUT2D eigenvalue weighted by molar-refractivity contribution is 5.79.